The molecule has 1 amide bonds. The summed E-state index contributed by atoms with van der Waals surface area (Å²) in [7, 11) is 0. The SMILES string of the molecule is O=C(Nc1ccc(Cl)cc1)c1nn2c(C(F)(F)F)cc(-c3ccccc3)nc2c1Br. The Hall–Kier alpha value is -2.91. The molecule has 2 aromatic heterocycles. The monoisotopic (exact) mass is 494 g/mol. The van der Waals surface area contributed by atoms with E-state index in [1.54, 1.807) is 54.6 Å². The Balaban J connectivity index is 1.84. The highest BCUT2D eigenvalue weighted by Gasteiger charge is 2.36. The predicted molar refractivity (Wildman–Crippen MR) is 111 cm³/mol. The number of nitrogens with zero attached hydrogens (tertiary/aromatic N) is 3. The van der Waals surface area contributed by atoms with Gasteiger partial charge in [-0.3, -0.25) is 4.79 Å². The molecule has 0 aliphatic carbocycles. The maximum absolute atomic E-state index is 13.7. The van der Waals surface area contributed by atoms with Gasteiger partial charge in [0, 0.05) is 16.3 Å². The number of benzene rings is 2. The molecule has 0 unspecified atom stereocenters. The Morgan fingerprint density at radius 1 is 1.07 bits per heavy atom. The number of hydrogen-bond acceptors (Lipinski definition) is 3. The van der Waals surface area contributed by atoms with Gasteiger partial charge in [0.1, 0.15) is 0 Å². The number of carbonyl (C=O) groups is 1. The summed E-state index contributed by atoms with van der Waals surface area (Å²) in [5.74, 6) is -0.691. The van der Waals surface area contributed by atoms with Gasteiger partial charge in [-0.05, 0) is 46.3 Å². The van der Waals surface area contributed by atoms with Gasteiger partial charge < -0.3 is 5.32 Å². The third-order valence-electron chi connectivity index (χ3n) is 4.21. The van der Waals surface area contributed by atoms with Gasteiger partial charge in [-0.15, -0.1) is 0 Å². The number of aromatic nitrogens is 3. The highest BCUT2D eigenvalue weighted by atomic mass is 79.9. The van der Waals surface area contributed by atoms with Crippen molar-refractivity contribution in [3.63, 3.8) is 0 Å². The summed E-state index contributed by atoms with van der Waals surface area (Å²) in [4.78, 5) is 16.9. The maximum atomic E-state index is 13.7. The molecular weight excluding hydrogens is 485 g/mol. The molecule has 30 heavy (non-hydrogen) atoms. The van der Waals surface area contributed by atoms with Crippen LogP contribution in [0.25, 0.3) is 16.9 Å². The molecule has 1 N–H and O–H groups in total. The molecular formula is C20H11BrClF3N4O. The van der Waals surface area contributed by atoms with Gasteiger partial charge in [0.2, 0.25) is 0 Å². The maximum Gasteiger partial charge on any atom is 0.433 e. The van der Waals surface area contributed by atoms with Crippen LogP contribution in [0.1, 0.15) is 16.2 Å². The van der Waals surface area contributed by atoms with Crippen molar-refractivity contribution in [1.29, 1.82) is 0 Å². The normalized spacial score (nSPS) is 11.6. The summed E-state index contributed by atoms with van der Waals surface area (Å²) in [5.41, 5.74) is -0.357. The van der Waals surface area contributed by atoms with E-state index in [0.717, 1.165) is 6.07 Å². The van der Waals surface area contributed by atoms with Crippen LogP contribution >= 0.6 is 27.5 Å². The molecule has 0 atom stereocenters. The lowest BCUT2D eigenvalue weighted by Gasteiger charge is -2.11. The number of rotatable bonds is 3. The van der Waals surface area contributed by atoms with E-state index in [9.17, 15) is 18.0 Å². The smallest absolute Gasteiger partial charge is 0.321 e. The van der Waals surface area contributed by atoms with Gasteiger partial charge in [0.05, 0.1) is 10.2 Å². The Morgan fingerprint density at radius 3 is 2.37 bits per heavy atom. The van der Waals surface area contributed by atoms with Crippen LogP contribution in [0.3, 0.4) is 0 Å². The zero-order chi connectivity index (χ0) is 21.5. The lowest BCUT2D eigenvalue weighted by molar-refractivity contribution is -0.142. The Bertz CT molecular complexity index is 1240. The fourth-order valence-electron chi connectivity index (χ4n) is 2.82. The Labute approximate surface area is 181 Å². The van der Waals surface area contributed by atoms with Crippen molar-refractivity contribution in [1.82, 2.24) is 14.6 Å². The number of fused-ring (bicyclic) bond motifs is 1. The van der Waals surface area contributed by atoms with E-state index in [1.807, 2.05) is 0 Å². The number of alkyl halides is 3. The Morgan fingerprint density at radius 2 is 1.73 bits per heavy atom. The molecule has 0 aliphatic rings. The number of anilines is 1. The van der Waals surface area contributed by atoms with Crippen LogP contribution in [-0.2, 0) is 6.18 Å². The highest BCUT2D eigenvalue weighted by molar-refractivity contribution is 9.10. The predicted octanol–water partition coefficient (Wildman–Crippen LogP) is 6.08. The van der Waals surface area contributed by atoms with Crippen LogP contribution in [0, 0.1) is 0 Å². The third-order valence-corrected chi connectivity index (χ3v) is 5.19. The molecule has 4 aromatic rings. The van der Waals surface area contributed by atoms with E-state index in [-0.39, 0.29) is 21.5 Å². The summed E-state index contributed by atoms with van der Waals surface area (Å²) < 4.78 is 41.8. The second kappa shape index (κ2) is 7.73. The Kier molecular flexibility index (Phi) is 5.25. The molecule has 152 valence electrons. The van der Waals surface area contributed by atoms with Crippen LogP contribution in [-0.4, -0.2) is 20.5 Å². The van der Waals surface area contributed by atoms with Gasteiger partial charge in [-0.25, -0.2) is 9.50 Å². The average molecular weight is 496 g/mol. The van der Waals surface area contributed by atoms with E-state index < -0.39 is 17.8 Å². The van der Waals surface area contributed by atoms with Crippen LogP contribution in [0.5, 0.6) is 0 Å². The van der Waals surface area contributed by atoms with Crippen molar-refractivity contribution in [2.75, 3.05) is 5.32 Å². The lowest BCUT2D eigenvalue weighted by Crippen LogP contribution is -2.15. The number of amides is 1. The van der Waals surface area contributed by atoms with Crippen molar-refractivity contribution in [3.05, 3.63) is 81.5 Å². The first kappa shape index (κ1) is 20.4. The summed E-state index contributed by atoms with van der Waals surface area (Å²) in [6.07, 6.45) is -4.71. The van der Waals surface area contributed by atoms with Crippen molar-refractivity contribution in [3.8, 4) is 11.3 Å². The summed E-state index contributed by atoms with van der Waals surface area (Å²) >= 11 is 9.01. The van der Waals surface area contributed by atoms with Gasteiger partial charge in [-0.2, -0.15) is 18.3 Å². The third kappa shape index (κ3) is 3.90. The molecule has 0 spiro atoms. The standard InChI is InChI=1S/C20H11BrClF3N4O/c21-16-17(19(30)26-13-8-6-12(22)7-9-13)28-29-15(20(23,24)25)10-14(27-18(16)29)11-4-2-1-3-5-11/h1-10H,(H,26,30). The molecule has 10 heteroatoms. The number of carbonyl (C=O) groups excluding carboxylic acids is 1. The second-order valence-electron chi connectivity index (χ2n) is 6.25. The molecule has 4 rings (SSSR count). The second-order valence-corrected chi connectivity index (χ2v) is 7.48. The molecule has 0 radical (unpaired) electrons. The minimum atomic E-state index is -4.71. The van der Waals surface area contributed by atoms with Crippen LogP contribution in [0.2, 0.25) is 5.02 Å². The molecule has 2 heterocycles. The minimum absolute atomic E-state index is 0.0530. The molecule has 0 bridgehead atoms. The zero-order valence-corrected chi connectivity index (χ0v) is 17.3. The van der Waals surface area contributed by atoms with Crippen LogP contribution < -0.4 is 5.32 Å². The minimum Gasteiger partial charge on any atom is -0.321 e. The lowest BCUT2D eigenvalue weighted by atomic mass is 10.1. The topological polar surface area (TPSA) is 59.3 Å². The van der Waals surface area contributed by atoms with Gasteiger partial charge >= 0.3 is 6.18 Å². The summed E-state index contributed by atoms with van der Waals surface area (Å²) in [5, 5.41) is 6.94. The van der Waals surface area contributed by atoms with Crippen molar-refractivity contribution >= 4 is 44.8 Å². The number of halogens is 5. The number of nitrogens with one attached hydrogen (secondary N) is 1. The van der Waals surface area contributed by atoms with Crippen LogP contribution in [0.4, 0.5) is 18.9 Å². The largest absolute Gasteiger partial charge is 0.433 e. The molecule has 0 fully saturated rings. The van der Waals surface area contributed by atoms with Gasteiger partial charge in [0.25, 0.3) is 5.91 Å². The molecule has 0 aliphatic heterocycles. The molecule has 2 aromatic carbocycles. The average Bonchev–Trinajstić information content (AvgIpc) is 3.05. The molecule has 0 saturated heterocycles. The van der Waals surface area contributed by atoms with Crippen LogP contribution in [0.15, 0.2) is 65.1 Å². The van der Waals surface area contributed by atoms with Crippen molar-refractivity contribution in [2.45, 2.75) is 6.18 Å². The first-order valence-corrected chi connectivity index (χ1v) is 9.70. The van der Waals surface area contributed by atoms with Crippen molar-refractivity contribution in [2.24, 2.45) is 0 Å². The zero-order valence-electron chi connectivity index (χ0n) is 14.9. The first-order valence-electron chi connectivity index (χ1n) is 8.53. The highest BCUT2D eigenvalue weighted by Crippen LogP contribution is 2.34. The van der Waals surface area contributed by atoms with Gasteiger partial charge in [-0.1, -0.05) is 41.9 Å². The fraction of sp³-hybridized carbons (Fsp3) is 0.0500. The van der Waals surface area contributed by atoms with E-state index in [0.29, 0.717) is 20.8 Å². The van der Waals surface area contributed by atoms with Gasteiger partial charge in [0.15, 0.2) is 17.0 Å². The van der Waals surface area contributed by atoms with E-state index in [4.69, 9.17) is 11.6 Å². The molecule has 0 saturated carbocycles. The van der Waals surface area contributed by atoms with E-state index >= 15 is 0 Å². The fourth-order valence-corrected chi connectivity index (χ4v) is 3.46. The summed E-state index contributed by atoms with van der Waals surface area (Å²) in [6, 6.07) is 15.6. The van der Waals surface area contributed by atoms with E-state index in [1.165, 1.54) is 0 Å². The van der Waals surface area contributed by atoms with E-state index in [2.05, 4.69) is 31.3 Å². The summed E-state index contributed by atoms with van der Waals surface area (Å²) in [6.45, 7) is 0. The molecule has 5 nitrogen and oxygen atoms in total. The quantitative estimate of drug-likeness (QED) is 0.375. The first-order chi connectivity index (χ1) is 14.2. The van der Waals surface area contributed by atoms with Crippen molar-refractivity contribution < 1.29 is 18.0 Å². The number of hydrogen-bond donors (Lipinski definition) is 1.